The van der Waals surface area contributed by atoms with Gasteiger partial charge in [-0.2, -0.15) is 5.10 Å². The third-order valence-corrected chi connectivity index (χ3v) is 3.44. The van der Waals surface area contributed by atoms with Crippen molar-refractivity contribution in [2.24, 2.45) is 5.10 Å². The number of anilines is 2. The number of hydrogen-bond donors (Lipinski definition) is 1. The standard InChI is InChI=1S/C15H16Cl2N4/c1-10(13-8-11(16)4-6-14(13)18-2)20-21(3)15-7-5-12(17)9-19-15/h4-9,18H,1-3H3/b20-10+. The SMILES string of the molecule is CNc1ccc(Cl)cc1/C(C)=N/N(C)c1ccc(Cl)cn1. The summed E-state index contributed by atoms with van der Waals surface area (Å²) in [5.41, 5.74) is 2.75. The minimum absolute atomic E-state index is 0.597. The molecule has 0 aliphatic heterocycles. The van der Waals surface area contributed by atoms with E-state index < -0.39 is 0 Å². The summed E-state index contributed by atoms with van der Waals surface area (Å²) in [6.07, 6.45) is 1.59. The van der Waals surface area contributed by atoms with Gasteiger partial charge in [0, 0.05) is 36.6 Å². The zero-order chi connectivity index (χ0) is 15.4. The maximum Gasteiger partial charge on any atom is 0.148 e. The number of benzene rings is 1. The lowest BCUT2D eigenvalue weighted by atomic mass is 10.1. The van der Waals surface area contributed by atoms with Crippen LogP contribution in [0.5, 0.6) is 0 Å². The van der Waals surface area contributed by atoms with Crippen LogP contribution in [0, 0.1) is 0 Å². The fourth-order valence-electron chi connectivity index (χ4n) is 1.92. The quantitative estimate of drug-likeness (QED) is 0.674. The van der Waals surface area contributed by atoms with E-state index in [9.17, 15) is 0 Å². The number of halogens is 2. The average molecular weight is 323 g/mol. The summed E-state index contributed by atoms with van der Waals surface area (Å²) in [5, 5.41) is 10.6. The fourth-order valence-corrected chi connectivity index (χ4v) is 2.21. The molecule has 110 valence electrons. The Hall–Kier alpha value is -1.78. The second-order valence-electron chi connectivity index (χ2n) is 4.48. The number of nitrogens with zero attached hydrogens (tertiary/aromatic N) is 3. The molecule has 6 heteroatoms. The van der Waals surface area contributed by atoms with Crippen molar-refractivity contribution in [1.29, 1.82) is 0 Å². The van der Waals surface area contributed by atoms with Crippen LogP contribution in [-0.2, 0) is 0 Å². The second kappa shape index (κ2) is 6.78. The molecule has 0 fully saturated rings. The molecule has 1 N–H and O–H groups in total. The molecule has 0 radical (unpaired) electrons. The highest BCUT2D eigenvalue weighted by Gasteiger charge is 2.08. The number of hydrazone groups is 1. The van der Waals surface area contributed by atoms with Crippen molar-refractivity contribution >= 4 is 40.4 Å². The van der Waals surface area contributed by atoms with Gasteiger partial charge in [0.25, 0.3) is 0 Å². The van der Waals surface area contributed by atoms with Crippen LogP contribution < -0.4 is 10.3 Å². The number of nitrogens with one attached hydrogen (secondary N) is 1. The molecule has 0 saturated heterocycles. The Labute approximate surface area is 134 Å². The zero-order valence-corrected chi connectivity index (χ0v) is 13.6. The average Bonchev–Trinajstić information content (AvgIpc) is 2.47. The lowest BCUT2D eigenvalue weighted by molar-refractivity contribution is 0.975. The van der Waals surface area contributed by atoms with E-state index in [1.807, 2.05) is 45.3 Å². The van der Waals surface area contributed by atoms with Crippen LogP contribution in [0.3, 0.4) is 0 Å². The predicted octanol–water partition coefficient (Wildman–Crippen LogP) is 4.29. The molecular weight excluding hydrogens is 307 g/mol. The van der Waals surface area contributed by atoms with Gasteiger partial charge in [0.2, 0.25) is 0 Å². The van der Waals surface area contributed by atoms with E-state index >= 15 is 0 Å². The Kier molecular flexibility index (Phi) is 5.04. The molecule has 0 unspecified atom stereocenters. The molecular formula is C15H16Cl2N4. The minimum atomic E-state index is 0.597. The molecule has 0 atom stereocenters. The molecule has 0 amide bonds. The topological polar surface area (TPSA) is 40.5 Å². The molecule has 0 aliphatic carbocycles. The van der Waals surface area contributed by atoms with Gasteiger partial charge in [0.15, 0.2) is 0 Å². The number of pyridine rings is 1. The van der Waals surface area contributed by atoms with E-state index in [2.05, 4.69) is 15.4 Å². The number of rotatable bonds is 4. The molecule has 2 aromatic rings. The Morgan fingerprint density at radius 2 is 1.90 bits per heavy atom. The van der Waals surface area contributed by atoms with E-state index in [1.165, 1.54) is 0 Å². The first-order valence-electron chi connectivity index (χ1n) is 6.39. The van der Waals surface area contributed by atoms with E-state index in [0.29, 0.717) is 15.9 Å². The summed E-state index contributed by atoms with van der Waals surface area (Å²) < 4.78 is 0. The normalized spacial score (nSPS) is 11.4. The van der Waals surface area contributed by atoms with Crippen molar-refractivity contribution < 1.29 is 0 Å². The van der Waals surface area contributed by atoms with Gasteiger partial charge in [-0.15, -0.1) is 0 Å². The summed E-state index contributed by atoms with van der Waals surface area (Å²) in [6, 6.07) is 9.25. The van der Waals surface area contributed by atoms with Crippen molar-refractivity contribution in [1.82, 2.24) is 4.98 Å². The fraction of sp³-hybridized carbons (Fsp3) is 0.200. The van der Waals surface area contributed by atoms with Crippen LogP contribution in [0.1, 0.15) is 12.5 Å². The van der Waals surface area contributed by atoms with E-state index in [4.69, 9.17) is 23.2 Å². The smallest absolute Gasteiger partial charge is 0.148 e. The van der Waals surface area contributed by atoms with Crippen molar-refractivity contribution in [3.05, 3.63) is 52.1 Å². The summed E-state index contributed by atoms with van der Waals surface area (Å²) in [4.78, 5) is 4.23. The molecule has 0 bridgehead atoms. The largest absolute Gasteiger partial charge is 0.388 e. The monoisotopic (exact) mass is 322 g/mol. The molecule has 4 nitrogen and oxygen atoms in total. The lowest BCUT2D eigenvalue weighted by Gasteiger charge is -2.15. The molecule has 1 aromatic carbocycles. The van der Waals surface area contributed by atoms with E-state index in [0.717, 1.165) is 17.0 Å². The highest BCUT2D eigenvalue weighted by molar-refractivity contribution is 6.31. The van der Waals surface area contributed by atoms with Crippen molar-refractivity contribution in [2.45, 2.75) is 6.92 Å². The van der Waals surface area contributed by atoms with Gasteiger partial charge in [-0.25, -0.2) is 4.98 Å². The first-order chi connectivity index (χ1) is 10.0. The van der Waals surface area contributed by atoms with Crippen LogP contribution in [0.15, 0.2) is 41.6 Å². The summed E-state index contributed by atoms with van der Waals surface area (Å²) in [7, 11) is 3.70. The zero-order valence-electron chi connectivity index (χ0n) is 12.1. The van der Waals surface area contributed by atoms with E-state index in [-0.39, 0.29) is 0 Å². The number of aromatic nitrogens is 1. The van der Waals surface area contributed by atoms with Crippen LogP contribution >= 0.6 is 23.2 Å². The number of hydrogen-bond acceptors (Lipinski definition) is 4. The van der Waals surface area contributed by atoms with Gasteiger partial charge in [-0.05, 0) is 37.3 Å². The third kappa shape index (κ3) is 3.86. The van der Waals surface area contributed by atoms with Gasteiger partial charge in [-0.1, -0.05) is 23.2 Å². The first kappa shape index (κ1) is 15.6. The van der Waals surface area contributed by atoms with Crippen molar-refractivity contribution in [3.63, 3.8) is 0 Å². The molecule has 21 heavy (non-hydrogen) atoms. The van der Waals surface area contributed by atoms with Gasteiger partial charge in [-0.3, -0.25) is 5.01 Å². The Morgan fingerprint density at radius 3 is 2.52 bits per heavy atom. The summed E-state index contributed by atoms with van der Waals surface area (Å²) in [5.74, 6) is 0.715. The molecule has 0 saturated carbocycles. The molecule has 1 heterocycles. The molecule has 2 rings (SSSR count). The predicted molar refractivity (Wildman–Crippen MR) is 90.9 cm³/mol. The molecule has 0 aliphatic rings. The molecule has 0 spiro atoms. The van der Waals surface area contributed by atoms with Crippen LogP contribution in [0.2, 0.25) is 10.0 Å². The van der Waals surface area contributed by atoms with E-state index in [1.54, 1.807) is 17.3 Å². The van der Waals surface area contributed by atoms with Gasteiger partial charge in [0.1, 0.15) is 5.82 Å². The van der Waals surface area contributed by atoms with Crippen LogP contribution in [-0.4, -0.2) is 24.8 Å². The second-order valence-corrected chi connectivity index (χ2v) is 5.36. The maximum atomic E-state index is 6.07. The summed E-state index contributed by atoms with van der Waals surface area (Å²) in [6.45, 7) is 1.93. The van der Waals surface area contributed by atoms with Crippen LogP contribution in [0.25, 0.3) is 0 Å². The third-order valence-electron chi connectivity index (χ3n) is 2.98. The van der Waals surface area contributed by atoms with Gasteiger partial charge in [0.05, 0.1) is 10.7 Å². The van der Waals surface area contributed by atoms with Crippen molar-refractivity contribution in [2.75, 3.05) is 24.4 Å². The first-order valence-corrected chi connectivity index (χ1v) is 7.15. The molecule has 1 aromatic heterocycles. The van der Waals surface area contributed by atoms with Crippen LogP contribution in [0.4, 0.5) is 11.5 Å². The minimum Gasteiger partial charge on any atom is -0.388 e. The Morgan fingerprint density at radius 1 is 1.19 bits per heavy atom. The maximum absolute atomic E-state index is 6.07. The van der Waals surface area contributed by atoms with Crippen molar-refractivity contribution in [3.8, 4) is 0 Å². The van der Waals surface area contributed by atoms with Gasteiger partial charge < -0.3 is 5.32 Å². The summed E-state index contributed by atoms with van der Waals surface area (Å²) >= 11 is 11.9. The Balaban J connectivity index is 2.32. The highest BCUT2D eigenvalue weighted by Crippen LogP contribution is 2.22. The lowest BCUT2D eigenvalue weighted by Crippen LogP contribution is -2.14. The van der Waals surface area contributed by atoms with Gasteiger partial charge >= 0.3 is 0 Å². The highest BCUT2D eigenvalue weighted by atomic mass is 35.5. The Bertz CT molecular complexity index is 653.